The van der Waals surface area contributed by atoms with Crippen LogP contribution in [0.1, 0.15) is 77.9 Å². The molecular formula is C47H46N10O6S4. The number of pyridine rings is 1. The van der Waals surface area contributed by atoms with Gasteiger partial charge >= 0.3 is 0 Å². The predicted molar refractivity (Wildman–Crippen MR) is 264 cm³/mol. The van der Waals surface area contributed by atoms with Crippen LogP contribution in [0.25, 0.3) is 25.6 Å². The summed E-state index contributed by atoms with van der Waals surface area (Å²) in [6, 6.07) is 21.0. The van der Waals surface area contributed by atoms with Gasteiger partial charge in [0.25, 0.3) is 20.2 Å². The zero-order chi connectivity index (χ0) is 48.1. The van der Waals surface area contributed by atoms with Crippen molar-refractivity contribution in [2.24, 2.45) is 10.2 Å². The molecule has 4 aromatic heterocycles. The summed E-state index contributed by atoms with van der Waals surface area (Å²) in [5.74, 6) is 0.929. The Bertz CT molecular complexity index is 3540. The van der Waals surface area contributed by atoms with E-state index in [1.54, 1.807) is 13.0 Å². The monoisotopic (exact) mass is 974 g/mol. The van der Waals surface area contributed by atoms with Gasteiger partial charge in [-0.1, -0.05) is 85.8 Å². The highest BCUT2D eigenvalue weighted by Gasteiger charge is 2.27. The molecule has 0 spiro atoms. The normalized spacial score (nSPS) is 12.1. The number of nitrogens with zero attached hydrogens (tertiary/aromatic N) is 9. The maximum atomic E-state index is 12.2. The van der Waals surface area contributed by atoms with E-state index in [0.29, 0.717) is 67.0 Å². The lowest BCUT2D eigenvalue weighted by Gasteiger charge is -2.28. The van der Waals surface area contributed by atoms with Crippen LogP contribution in [0.3, 0.4) is 0 Å². The molecule has 0 amide bonds. The molecule has 8 rings (SSSR count). The van der Waals surface area contributed by atoms with Gasteiger partial charge in [-0.25, -0.2) is 15.0 Å². The lowest BCUT2D eigenvalue weighted by molar-refractivity contribution is 0.481. The van der Waals surface area contributed by atoms with Crippen molar-refractivity contribution >= 4 is 103 Å². The molecule has 4 heterocycles. The van der Waals surface area contributed by atoms with Gasteiger partial charge < -0.3 is 5.32 Å². The fourth-order valence-electron chi connectivity index (χ4n) is 8.09. The summed E-state index contributed by atoms with van der Waals surface area (Å²) in [5.41, 5.74) is 10.7. The average Bonchev–Trinajstić information content (AvgIpc) is 4.00. The standard InChI is InChI=1S/C47H46N10O6S4/c1-9-29-17-25(5)18-30(10-2)42(29)52-44-41(53-54-45-35(24-48)28(8)55-57(45)47-50-37-16-14-34(67(61,62)63)23-39(37)65-47)27(7)21-40(51-44)56(43-31(11-3)19-26(6)20-32(43)12-4)46-49-36-15-13-33(66(58,59)60)22-38(36)64-46/h13-23H,9-12H2,1-8H3,(H,51,52)(H,58,59,60)(H,61,62,63). The number of hydrogen-bond donors (Lipinski definition) is 3. The first-order chi connectivity index (χ1) is 31.8. The molecule has 4 aromatic carbocycles. The van der Waals surface area contributed by atoms with Crippen molar-refractivity contribution in [3.63, 3.8) is 0 Å². The molecule has 0 saturated carbocycles. The minimum Gasteiger partial charge on any atom is -0.338 e. The van der Waals surface area contributed by atoms with Crippen LogP contribution < -0.4 is 10.2 Å². The summed E-state index contributed by atoms with van der Waals surface area (Å²) in [5, 5.41) is 29.0. The number of azo groups is 1. The molecular weight excluding hydrogens is 929 g/mol. The van der Waals surface area contributed by atoms with E-state index in [1.807, 2.05) is 17.9 Å². The molecule has 3 N–H and O–H groups in total. The second-order valence-electron chi connectivity index (χ2n) is 16.0. The summed E-state index contributed by atoms with van der Waals surface area (Å²) >= 11 is 2.37. The molecule has 16 nitrogen and oxygen atoms in total. The number of rotatable bonds is 14. The van der Waals surface area contributed by atoms with E-state index in [9.17, 15) is 31.2 Å². The molecule has 344 valence electrons. The summed E-state index contributed by atoms with van der Waals surface area (Å²) in [6.07, 6.45) is 2.80. The Hall–Kier alpha value is -6.47. The molecule has 0 unspecified atom stereocenters. The van der Waals surface area contributed by atoms with Crippen molar-refractivity contribution in [2.45, 2.75) is 90.9 Å². The zero-order valence-electron chi connectivity index (χ0n) is 37.9. The zero-order valence-corrected chi connectivity index (χ0v) is 41.1. The highest BCUT2D eigenvalue weighted by Crippen LogP contribution is 2.46. The number of hydrogen-bond acceptors (Lipinski definition) is 15. The van der Waals surface area contributed by atoms with Gasteiger partial charge in [-0.05, 0) is 124 Å². The van der Waals surface area contributed by atoms with Crippen LogP contribution in [0.4, 0.5) is 39.6 Å². The number of nitriles is 1. The first kappa shape index (κ1) is 47.0. The Morgan fingerprint density at radius 1 is 0.716 bits per heavy atom. The van der Waals surface area contributed by atoms with Gasteiger partial charge in [-0.2, -0.15) is 31.9 Å². The van der Waals surface area contributed by atoms with Gasteiger partial charge in [0.2, 0.25) is 5.13 Å². The maximum absolute atomic E-state index is 12.2. The van der Waals surface area contributed by atoms with Crippen LogP contribution in [-0.4, -0.2) is 50.7 Å². The summed E-state index contributed by atoms with van der Waals surface area (Å²) in [4.78, 5) is 16.5. The van der Waals surface area contributed by atoms with Crippen molar-refractivity contribution < 1.29 is 25.9 Å². The van der Waals surface area contributed by atoms with Gasteiger partial charge in [0.15, 0.2) is 16.8 Å². The lowest BCUT2D eigenvalue weighted by atomic mass is 9.98. The van der Waals surface area contributed by atoms with Crippen LogP contribution in [-0.2, 0) is 45.9 Å². The van der Waals surface area contributed by atoms with Crippen LogP contribution in [0, 0.1) is 39.0 Å². The number of fused-ring (bicyclic) bond motifs is 2. The Morgan fingerprint density at radius 3 is 1.79 bits per heavy atom. The summed E-state index contributed by atoms with van der Waals surface area (Å²) in [7, 11) is -8.96. The number of nitrogens with one attached hydrogen (secondary N) is 1. The largest absolute Gasteiger partial charge is 0.338 e. The van der Waals surface area contributed by atoms with Crippen LogP contribution >= 0.6 is 22.7 Å². The minimum absolute atomic E-state index is 0.0857. The third kappa shape index (κ3) is 9.18. The average molecular weight is 975 g/mol. The quantitative estimate of drug-likeness (QED) is 0.0681. The summed E-state index contributed by atoms with van der Waals surface area (Å²) in [6.45, 7) is 16.0. The SMILES string of the molecule is CCc1cc(C)cc(CC)c1Nc1nc(N(c2nc3ccc(S(=O)(=O)O)cc3s2)c2c(CC)cc(C)cc2CC)cc(C)c1N=Nc1c(C#N)c(C)nn1-c1nc2ccc(S(=O)(=O)O)cc2s1. The van der Waals surface area contributed by atoms with Crippen LogP contribution in [0.2, 0.25) is 0 Å². The van der Waals surface area contributed by atoms with Crippen molar-refractivity contribution in [2.75, 3.05) is 10.2 Å². The van der Waals surface area contributed by atoms with E-state index in [0.717, 1.165) is 68.9 Å². The van der Waals surface area contributed by atoms with Crippen LogP contribution in [0.15, 0.2) is 86.7 Å². The predicted octanol–water partition coefficient (Wildman–Crippen LogP) is 12.0. The molecule has 67 heavy (non-hydrogen) atoms. The van der Waals surface area contributed by atoms with Crippen LogP contribution in [0.5, 0.6) is 0 Å². The van der Waals surface area contributed by atoms with Gasteiger partial charge in [0.1, 0.15) is 23.1 Å². The molecule has 0 fully saturated rings. The van der Waals surface area contributed by atoms with Crippen molar-refractivity contribution in [3.8, 4) is 11.2 Å². The lowest BCUT2D eigenvalue weighted by Crippen LogP contribution is -2.17. The van der Waals surface area contributed by atoms with Gasteiger partial charge in [-0.15, -0.1) is 10.2 Å². The molecule has 0 aliphatic heterocycles. The number of aryl methyl sites for hydroxylation is 8. The van der Waals surface area contributed by atoms with E-state index in [2.05, 4.69) is 87.3 Å². The molecule has 0 radical (unpaired) electrons. The molecule has 0 atom stereocenters. The van der Waals surface area contributed by atoms with E-state index in [-0.39, 0.29) is 26.3 Å². The number of anilines is 5. The second kappa shape index (κ2) is 18.3. The number of thiazole rings is 2. The fourth-order valence-corrected chi connectivity index (χ4v) is 11.2. The Balaban J connectivity index is 1.37. The van der Waals surface area contributed by atoms with E-state index in [4.69, 9.17) is 20.2 Å². The molecule has 0 saturated heterocycles. The van der Waals surface area contributed by atoms with E-state index in [1.165, 1.54) is 46.4 Å². The Morgan fingerprint density at radius 2 is 1.25 bits per heavy atom. The van der Waals surface area contributed by atoms with Gasteiger partial charge in [0, 0.05) is 5.69 Å². The first-order valence-corrected chi connectivity index (χ1v) is 25.9. The van der Waals surface area contributed by atoms with Crippen molar-refractivity contribution in [1.82, 2.24) is 24.7 Å². The maximum Gasteiger partial charge on any atom is 0.294 e. The summed E-state index contributed by atoms with van der Waals surface area (Å²) < 4.78 is 70.3. The van der Waals surface area contributed by atoms with Gasteiger partial charge in [0.05, 0.1) is 41.6 Å². The first-order valence-electron chi connectivity index (χ1n) is 21.4. The topological polar surface area (TPSA) is 229 Å². The minimum atomic E-state index is -4.49. The molecule has 8 aromatic rings. The van der Waals surface area contributed by atoms with E-state index < -0.39 is 20.2 Å². The smallest absolute Gasteiger partial charge is 0.294 e. The van der Waals surface area contributed by atoms with Gasteiger partial charge in [-0.3, -0.25) is 14.0 Å². The molecule has 20 heteroatoms. The number of benzene rings is 4. The molecule has 0 aliphatic carbocycles. The van der Waals surface area contributed by atoms with Crippen molar-refractivity contribution in [3.05, 3.63) is 117 Å². The van der Waals surface area contributed by atoms with Crippen molar-refractivity contribution in [1.29, 1.82) is 5.26 Å². The highest BCUT2D eigenvalue weighted by molar-refractivity contribution is 7.86. The molecule has 0 bridgehead atoms. The van der Waals surface area contributed by atoms with E-state index >= 15 is 0 Å². The third-order valence-electron chi connectivity index (χ3n) is 11.3. The second-order valence-corrected chi connectivity index (χ2v) is 20.8. The number of aromatic nitrogens is 5. The highest BCUT2D eigenvalue weighted by atomic mass is 32.2. The Kier molecular flexibility index (Phi) is 12.9. The molecule has 0 aliphatic rings. The fraction of sp³-hybridized carbons (Fsp3) is 0.255. The Labute approximate surface area is 396 Å². The third-order valence-corrected chi connectivity index (χ3v) is 15.0.